The van der Waals surface area contributed by atoms with Crippen LogP contribution in [0.5, 0.6) is 5.88 Å². The van der Waals surface area contributed by atoms with E-state index in [0.29, 0.717) is 18.1 Å². The molecule has 0 N–H and O–H groups in total. The Balaban J connectivity index is 1.94. The molecule has 5 heteroatoms. The Bertz CT molecular complexity index is 414. The van der Waals surface area contributed by atoms with Gasteiger partial charge < -0.3 is 9.64 Å². The molecule has 0 saturated carbocycles. The zero-order valence-corrected chi connectivity index (χ0v) is 10.9. The van der Waals surface area contributed by atoms with Gasteiger partial charge in [0, 0.05) is 32.2 Å². The predicted molar refractivity (Wildman–Crippen MR) is 69.1 cm³/mol. The number of aromatic nitrogens is 1. The largest absolute Gasteiger partial charge is 0.481 e. The molecule has 0 atom stereocenters. The van der Waals surface area contributed by atoms with Gasteiger partial charge in [-0.05, 0) is 13.1 Å². The van der Waals surface area contributed by atoms with E-state index < -0.39 is 0 Å². The van der Waals surface area contributed by atoms with E-state index in [1.54, 1.807) is 25.3 Å². The first kappa shape index (κ1) is 13.0. The fourth-order valence-corrected chi connectivity index (χ4v) is 1.97. The molecule has 1 fully saturated rings. The monoisotopic (exact) mass is 249 g/mol. The average molecular weight is 249 g/mol. The van der Waals surface area contributed by atoms with Crippen molar-refractivity contribution in [2.75, 3.05) is 46.9 Å². The molecule has 0 bridgehead atoms. The lowest BCUT2D eigenvalue weighted by Crippen LogP contribution is -2.46. The van der Waals surface area contributed by atoms with Crippen molar-refractivity contribution in [3.63, 3.8) is 0 Å². The van der Waals surface area contributed by atoms with Crippen molar-refractivity contribution in [3.05, 3.63) is 23.9 Å². The molecular formula is C13H19N3O2. The summed E-state index contributed by atoms with van der Waals surface area (Å²) >= 11 is 0. The van der Waals surface area contributed by atoms with Crippen molar-refractivity contribution >= 4 is 5.78 Å². The highest BCUT2D eigenvalue weighted by atomic mass is 16.5. The van der Waals surface area contributed by atoms with Crippen LogP contribution in [-0.4, -0.2) is 67.4 Å². The third-order valence-corrected chi connectivity index (χ3v) is 3.18. The van der Waals surface area contributed by atoms with Gasteiger partial charge in [-0.15, -0.1) is 0 Å². The smallest absolute Gasteiger partial charge is 0.213 e. The number of piperazine rings is 1. The Kier molecular flexibility index (Phi) is 4.28. The fourth-order valence-electron chi connectivity index (χ4n) is 1.97. The number of nitrogens with zero attached hydrogens (tertiary/aromatic N) is 3. The lowest BCUT2D eigenvalue weighted by Gasteiger charge is -2.31. The first-order chi connectivity index (χ1) is 8.69. The van der Waals surface area contributed by atoms with E-state index >= 15 is 0 Å². The van der Waals surface area contributed by atoms with E-state index in [0.717, 1.165) is 26.2 Å². The molecule has 1 aliphatic heterocycles. The summed E-state index contributed by atoms with van der Waals surface area (Å²) in [6.45, 7) is 4.34. The fraction of sp³-hybridized carbons (Fsp3) is 0.538. The summed E-state index contributed by atoms with van der Waals surface area (Å²) in [5.74, 6) is 0.540. The highest BCUT2D eigenvalue weighted by molar-refractivity contribution is 5.95. The maximum absolute atomic E-state index is 12.1. The number of hydrogen-bond acceptors (Lipinski definition) is 5. The number of pyridine rings is 1. The van der Waals surface area contributed by atoms with Crippen molar-refractivity contribution in [2.45, 2.75) is 0 Å². The molecule has 0 spiro atoms. The Labute approximate surface area is 107 Å². The molecule has 0 unspecified atom stereocenters. The lowest BCUT2D eigenvalue weighted by molar-refractivity contribution is 0.0871. The molecule has 98 valence electrons. The maximum atomic E-state index is 12.1. The highest BCUT2D eigenvalue weighted by Gasteiger charge is 2.18. The van der Waals surface area contributed by atoms with Crippen LogP contribution in [0.3, 0.4) is 0 Å². The van der Waals surface area contributed by atoms with Gasteiger partial charge >= 0.3 is 0 Å². The van der Waals surface area contributed by atoms with Crippen LogP contribution in [0, 0.1) is 0 Å². The molecule has 0 aliphatic carbocycles. The molecule has 2 rings (SSSR count). The minimum Gasteiger partial charge on any atom is -0.481 e. The van der Waals surface area contributed by atoms with Gasteiger partial charge in [-0.1, -0.05) is 6.07 Å². The van der Waals surface area contributed by atoms with E-state index in [-0.39, 0.29) is 5.78 Å². The van der Waals surface area contributed by atoms with Crippen molar-refractivity contribution < 1.29 is 9.53 Å². The van der Waals surface area contributed by atoms with Gasteiger partial charge in [-0.2, -0.15) is 0 Å². The number of carbonyl (C=O) groups is 1. The van der Waals surface area contributed by atoms with Crippen LogP contribution in [0.1, 0.15) is 10.5 Å². The lowest BCUT2D eigenvalue weighted by atomic mass is 10.2. The van der Waals surface area contributed by atoms with E-state index in [9.17, 15) is 4.79 Å². The summed E-state index contributed by atoms with van der Waals surface area (Å²) in [6.07, 6.45) is 0. The molecule has 0 amide bonds. The number of rotatable bonds is 4. The quantitative estimate of drug-likeness (QED) is 0.728. The molecule has 18 heavy (non-hydrogen) atoms. The van der Waals surface area contributed by atoms with E-state index in [1.165, 1.54) is 0 Å². The Morgan fingerprint density at radius 1 is 1.33 bits per heavy atom. The van der Waals surface area contributed by atoms with Crippen LogP contribution in [0.4, 0.5) is 0 Å². The Hall–Kier alpha value is -1.46. The van der Waals surface area contributed by atoms with Crippen LogP contribution in [0.2, 0.25) is 0 Å². The standard InChI is InChI=1S/C13H19N3O2/c1-15-6-8-16(9-7-15)10-12(17)11-4-3-5-13(14-11)18-2/h3-5H,6-10H2,1-2H3. The van der Waals surface area contributed by atoms with Crippen molar-refractivity contribution in [2.24, 2.45) is 0 Å². The van der Waals surface area contributed by atoms with Crippen LogP contribution in [0.25, 0.3) is 0 Å². The van der Waals surface area contributed by atoms with E-state index in [2.05, 4.69) is 21.8 Å². The van der Waals surface area contributed by atoms with Crippen molar-refractivity contribution in [3.8, 4) is 5.88 Å². The van der Waals surface area contributed by atoms with Crippen molar-refractivity contribution in [1.29, 1.82) is 0 Å². The van der Waals surface area contributed by atoms with E-state index in [1.807, 2.05) is 0 Å². The molecule has 2 heterocycles. The summed E-state index contributed by atoms with van der Waals surface area (Å²) in [5.41, 5.74) is 0.480. The SMILES string of the molecule is COc1cccc(C(=O)CN2CCN(C)CC2)n1. The zero-order valence-electron chi connectivity index (χ0n) is 10.9. The normalized spacial score (nSPS) is 17.7. The first-order valence-corrected chi connectivity index (χ1v) is 6.14. The molecular weight excluding hydrogens is 230 g/mol. The third kappa shape index (κ3) is 3.27. The minimum absolute atomic E-state index is 0.0541. The van der Waals surface area contributed by atoms with Gasteiger partial charge in [-0.25, -0.2) is 4.98 Å². The van der Waals surface area contributed by atoms with Crippen LogP contribution >= 0.6 is 0 Å². The third-order valence-electron chi connectivity index (χ3n) is 3.18. The zero-order chi connectivity index (χ0) is 13.0. The summed E-state index contributed by atoms with van der Waals surface area (Å²) in [5, 5.41) is 0. The molecule has 0 radical (unpaired) electrons. The van der Waals surface area contributed by atoms with E-state index in [4.69, 9.17) is 4.74 Å². The topological polar surface area (TPSA) is 45.7 Å². The molecule has 0 aromatic carbocycles. The highest BCUT2D eigenvalue weighted by Crippen LogP contribution is 2.08. The number of ketones is 1. The number of ether oxygens (including phenoxy) is 1. The first-order valence-electron chi connectivity index (χ1n) is 6.14. The van der Waals surface area contributed by atoms with Gasteiger partial charge in [0.25, 0.3) is 0 Å². The van der Waals surface area contributed by atoms with Gasteiger partial charge in [0.05, 0.1) is 13.7 Å². The number of likely N-dealkylation sites (N-methyl/N-ethyl adjacent to an activating group) is 1. The van der Waals surface area contributed by atoms with Gasteiger partial charge in [0.15, 0.2) is 5.78 Å². The number of methoxy groups -OCH3 is 1. The second-order valence-electron chi connectivity index (χ2n) is 4.57. The summed E-state index contributed by atoms with van der Waals surface area (Å²) in [4.78, 5) is 20.7. The maximum Gasteiger partial charge on any atom is 0.213 e. The van der Waals surface area contributed by atoms with Crippen LogP contribution in [-0.2, 0) is 0 Å². The molecule has 5 nitrogen and oxygen atoms in total. The number of carbonyl (C=O) groups excluding carboxylic acids is 1. The minimum atomic E-state index is 0.0541. The summed E-state index contributed by atoms with van der Waals surface area (Å²) in [6, 6.07) is 5.27. The van der Waals surface area contributed by atoms with Crippen LogP contribution < -0.4 is 4.74 Å². The van der Waals surface area contributed by atoms with Gasteiger partial charge in [0.2, 0.25) is 5.88 Å². The second kappa shape index (κ2) is 5.93. The molecule has 1 saturated heterocycles. The number of Topliss-reactive ketones (excluding diaryl/α,β-unsaturated/α-hetero) is 1. The van der Waals surface area contributed by atoms with Gasteiger partial charge in [-0.3, -0.25) is 9.69 Å². The number of hydrogen-bond donors (Lipinski definition) is 0. The Morgan fingerprint density at radius 3 is 2.72 bits per heavy atom. The molecule has 1 aliphatic rings. The second-order valence-corrected chi connectivity index (χ2v) is 4.57. The molecule has 1 aromatic rings. The Morgan fingerprint density at radius 2 is 2.06 bits per heavy atom. The summed E-state index contributed by atoms with van der Waals surface area (Å²) < 4.78 is 5.03. The predicted octanol–water partition coefficient (Wildman–Crippen LogP) is 0.520. The summed E-state index contributed by atoms with van der Waals surface area (Å²) in [7, 11) is 3.65. The average Bonchev–Trinajstić information content (AvgIpc) is 2.41. The van der Waals surface area contributed by atoms with Gasteiger partial charge in [0.1, 0.15) is 5.69 Å². The van der Waals surface area contributed by atoms with Crippen molar-refractivity contribution in [1.82, 2.24) is 14.8 Å². The molecule has 1 aromatic heterocycles. The van der Waals surface area contributed by atoms with Crippen LogP contribution in [0.15, 0.2) is 18.2 Å².